The second kappa shape index (κ2) is 10.3. The highest BCUT2D eigenvalue weighted by Crippen LogP contribution is 2.31. The number of ether oxygens (including phenoxy) is 2. The van der Waals surface area contributed by atoms with E-state index >= 15 is 0 Å². The number of carbonyl (C=O) groups is 2. The normalized spacial score (nSPS) is 16.9. The van der Waals surface area contributed by atoms with E-state index in [1.54, 1.807) is 37.3 Å². The van der Waals surface area contributed by atoms with E-state index in [4.69, 9.17) is 21.1 Å². The van der Waals surface area contributed by atoms with Crippen LogP contribution in [-0.2, 0) is 24.3 Å². The third-order valence-electron chi connectivity index (χ3n) is 5.18. The Labute approximate surface area is 192 Å². The van der Waals surface area contributed by atoms with Crippen LogP contribution in [0.5, 0.6) is 5.75 Å². The van der Waals surface area contributed by atoms with E-state index in [1.807, 2.05) is 0 Å². The number of methoxy groups -OCH3 is 1. The van der Waals surface area contributed by atoms with Crippen molar-refractivity contribution in [3.63, 3.8) is 0 Å². The minimum atomic E-state index is -3.86. The van der Waals surface area contributed by atoms with Gasteiger partial charge in [-0.15, -0.1) is 0 Å². The highest BCUT2D eigenvalue weighted by molar-refractivity contribution is 7.89. The minimum absolute atomic E-state index is 0.114. The Morgan fingerprint density at radius 1 is 1.19 bits per heavy atom. The molecule has 8 nitrogen and oxygen atoms in total. The molecule has 0 aromatic heterocycles. The zero-order chi connectivity index (χ0) is 23.3. The Balaban J connectivity index is 1.67. The highest BCUT2D eigenvalue weighted by Gasteiger charge is 2.38. The van der Waals surface area contributed by atoms with Crippen LogP contribution in [0.25, 0.3) is 0 Å². The number of benzene rings is 2. The van der Waals surface area contributed by atoms with Crippen molar-refractivity contribution in [3.05, 3.63) is 53.1 Å². The largest absolute Gasteiger partial charge is 0.495 e. The van der Waals surface area contributed by atoms with Crippen molar-refractivity contribution in [3.8, 4) is 5.75 Å². The molecule has 1 atom stereocenters. The second-order valence-electron chi connectivity index (χ2n) is 7.40. The summed E-state index contributed by atoms with van der Waals surface area (Å²) in [6, 6.07) is 10.2. The molecule has 3 rings (SSSR count). The molecule has 32 heavy (non-hydrogen) atoms. The number of nitrogens with zero attached hydrogens (tertiary/aromatic N) is 1. The van der Waals surface area contributed by atoms with Gasteiger partial charge in [-0.05, 0) is 49.9 Å². The fourth-order valence-corrected chi connectivity index (χ4v) is 5.33. The first kappa shape index (κ1) is 24.0. The second-order valence-corrected chi connectivity index (χ2v) is 9.70. The van der Waals surface area contributed by atoms with Gasteiger partial charge in [0.05, 0.1) is 17.7 Å². The Bertz CT molecular complexity index is 1090. The number of aryl methyl sites for hydroxylation is 1. The lowest BCUT2D eigenvalue weighted by atomic mass is 10.1. The summed E-state index contributed by atoms with van der Waals surface area (Å²) >= 11 is 6.07. The molecule has 10 heteroatoms. The molecule has 1 amide bonds. The Hall–Kier alpha value is -2.62. The van der Waals surface area contributed by atoms with E-state index in [0.29, 0.717) is 35.7 Å². The fraction of sp³-hybridized carbons (Fsp3) is 0.364. The first-order valence-electron chi connectivity index (χ1n) is 10.1. The average Bonchev–Trinajstić information content (AvgIpc) is 2.80. The molecule has 0 bridgehead atoms. The number of halogens is 1. The number of sulfonamides is 1. The predicted molar refractivity (Wildman–Crippen MR) is 120 cm³/mol. The van der Waals surface area contributed by atoms with Crippen molar-refractivity contribution in [2.24, 2.45) is 0 Å². The molecule has 1 fully saturated rings. The average molecular weight is 481 g/mol. The summed E-state index contributed by atoms with van der Waals surface area (Å²) in [6.07, 6.45) is 1.66. The molecule has 0 saturated carbocycles. The van der Waals surface area contributed by atoms with Crippen LogP contribution in [0, 0.1) is 6.92 Å². The summed E-state index contributed by atoms with van der Waals surface area (Å²) in [4.78, 5) is 25.2. The molecule has 1 heterocycles. The van der Waals surface area contributed by atoms with E-state index in [-0.39, 0.29) is 11.4 Å². The molecule has 1 N–H and O–H groups in total. The van der Waals surface area contributed by atoms with Crippen LogP contribution < -0.4 is 10.1 Å². The molecule has 1 aliphatic heterocycles. The lowest BCUT2D eigenvalue weighted by Crippen LogP contribution is -2.48. The molecular formula is C22H25ClN2O6S. The Morgan fingerprint density at radius 3 is 2.59 bits per heavy atom. The number of amides is 1. The van der Waals surface area contributed by atoms with E-state index < -0.39 is 34.5 Å². The smallest absolute Gasteiger partial charge is 0.324 e. The highest BCUT2D eigenvalue weighted by atomic mass is 35.5. The van der Waals surface area contributed by atoms with Gasteiger partial charge in [0, 0.05) is 17.6 Å². The lowest BCUT2D eigenvalue weighted by Gasteiger charge is -2.32. The van der Waals surface area contributed by atoms with Crippen molar-refractivity contribution in [1.29, 1.82) is 0 Å². The standard InChI is InChI=1S/C22H25ClN2O6S/c1-15-12-18(20(30-2)13-17(15)23)24-21(26)14-31-22(27)19-10-6-7-11-25(19)32(28,29)16-8-4-3-5-9-16/h3-5,8-9,12-13,19H,6-7,10-11,14H2,1-2H3,(H,24,26). The third-order valence-corrected chi connectivity index (χ3v) is 7.51. The number of carbonyl (C=O) groups excluding carboxylic acids is 2. The first-order chi connectivity index (χ1) is 15.2. The van der Waals surface area contributed by atoms with Crippen molar-refractivity contribution in [2.45, 2.75) is 37.1 Å². The summed E-state index contributed by atoms with van der Waals surface area (Å²) in [5.74, 6) is -0.960. The molecular weight excluding hydrogens is 456 g/mol. The van der Waals surface area contributed by atoms with Gasteiger partial charge in [-0.2, -0.15) is 4.31 Å². The summed E-state index contributed by atoms with van der Waals surface area (Å²) in [5.41, 5.74) is 1.13. The number of esters is 1. The SMILES string of the molecule is COc1cc(Cl)c(C)cc1NC(=O)COC(=O)C1CCCCN1S(=O)(=O)c1ccccc1. The summed E-state index contributed by atoms with van der Waals surface area (Å²) in [6.45, 7) is 1.44. The van der Waals surface area contributed by atoms with E-state index in [1.165, 1.54) is 19.2 Å². The van der Waals surface area contributed by atoms with Gasteiger partial charge >= 0.3 is 5.97 Å². The van der Waals surface area contributed by atoms with Gasteiger partial charge in [-0.3, -0.25) is 9.59 Å². The van der Waals surface area contributed by atoms with Crippen LogP contribution in [0.4, 0.5) is 5.69 Å². The molecule has 172 valence electrons. The van der Waals surface area contributed by atoms with Crippen LogP contribution >= 0.6 is 11.6 Å². The van der Waals surface area contributed by atoms with Crippen molar-refractivity contribution < 1.29 is 27.5 Å². The van der Waals surface area contributed by atoms with Gasteiger partial charge < -0.3 is 14.8 Å². The fourth-order valence-electron chi connectivity index (χ4n) is 3.51. The zero-order valence-corrected chi connectivity index (χ0v) is 19.4. The van der Waals surface area contributed by atoms with E-state index in [2.05, 4.69) is 5.32 Å². The maximum atomic E-state index is 13.0. The summed E-state index contributed by atoms with van der Waals surface area (Å²) in [7, 11) is -2.41. The molecule has 1 aliphatic rings. The minimum Gasteiger partial charge on any atom is -0.495 e. The predicted octanol–water partition coefficient (Wildman–Crippen LogP) is 3.38. The number of hydrogen-bond donors (Lipinski definition) is 1. The third kappa shape index (κ3) is 5.40. The van der Waals surface area contributed by atoms with Crippen LogP contribution in [0.3, 0.4) is 0 Å². The van der Waals surface area contributed by atoms with Crippen LogP contribution in [0.1, 0.15) is 24.8 Å². The van der Waals surface area contributed by atoms with Crippen molar-refractivity contribution in [1.82, 2.24) is 4.31 Å². The van der Waals surface area contributed by atoms with Gasteiger partial charge in [0.25, 0.3) is 5.91 Å². The number of hydrogen-bond acceptors (Lipinski definition) is 6. The molecule has 0 aliphatic carbocycles. The number of piperidine rings is 1. The molecule has 0 radical (unpaired) electrons. The van der Waals surface area contributed by atoms with Crippen LogP contribution in [0.2, 0.25) is 5.02 Å². The first-order valence-corrected chi connectivity index (χ1v) is 11.9. The van der Waals surface area contributed by atoms with Gasteiger partial charge in [-0.25, -0.2) is 8.42 Å². The number of nitrogens with one attached hydrogen (secondary N) is 1. The molecule has 1 unspecified atom stereocenters. The number of anilines is 1. The Kier molecular flexibility index (Phi) is 7.76. The summed E-state index contributed by atoms with van der Waals surface area (Å²) < 4.78 is 37.6. The quantitative estimate of drug-likeness (QED) is 0.609. The van der Waals surface area contributed by atoms with Gasteiger partial charge in [0.15, 0.2) is 6.61 Å². The molecule has 1 saturated heterocycles. The molecule has 0 spiro atoms. The maximum Gasteiger partial charge on any atom is 0.324 e. The van der Waals surface area contributed by atoms with Gasteiger partial charge in [0.2, 0.25) is 10.0 Å². The zero-order valence-electron chi connectivity index (χ0n) is 17.8. The topological polar surface area (TPSA) is 102 Å². The van der Waals surface area contributed by atoms with Gasteiger partial charge in [-0.1, -0.05) is 29.8 Å². The van der Waals surface area contributed by atoms with Crippen molar-refractivity contribution in [2.75, 3.05) is 25.6 Å². The molecule has 2 aromatic rings. The Morgan fingerprint density at radius 2 is 1.91 bits per heavy atom. The lowest BCUT2D eigenvalue weighted by molar-refractivity contribution is -0.152. The van der Waals surface area contributed by atoms with E-state index in [9.17, 15) is 18.0 Å². The van der Waals surface area contributed by atoms with Crippen molar-refractivity contribution >= 4 is 39.2 Å². The molecule has 2 aromatic carbocycles. The number of rotatable bonds is 7. The van der Waals surface area contributed by atoms with Crippen LogP contribution in [-0.4, -0.2) is 50.9 Å². The maximum absolute atomic E-state index is 13.0. The van der Waals surface area contributed by atoms with Crippen LogP contribution in [0.15, 0.2) is 47.4 Å². The van der Waals surface area contributed by atoms with E-state index in [0.717, 1.165) is 9.87 Å². The van der Waals surface area contributed by atoms with Gasteiger partial charge in [0.1, 0.15) is 11.8 Å². The summed E-state index contributed by atoms with van der Waals surface area (Å²) in [5, 5.41) is 3.11. The monoisotopic (exact) mass is 480 g/mol.